The largest absolute Gasteiger partial charge is 0.339 e. The average molecular weight is 218 g/mol. The fourth-order valence-electron chi connectivity index (χ4n) is 1.93. The number of nitrogens with zero attached hydrogens (tertiary/aromatic N) is 1. The Morgan fingerprint density at radius 3 is 2.50 bits per heavy atom. The van der Waals surface area contributed by atoms with Crippen LogP contribution in [-0.4, -0.2) is 30.6 Å². The molecule has 1 N–H and O–H groups in total. The Bertz CT molecular complexity index is 353. The maximum Gasteiger partial charge on any atom is 0.252 e. The predicted molar refractivity (Wildman–Crippen MR) is 64.3 cm³/mol. The maximum absolute atomic E-state index is 11.8. The van der Waals surface area contributed by atoms with Crippen LogP contribution >= 0.6 is 0 Å². The van der Waals surface area contributed by atoms with Crippen LogP contribution in [-0.2, 0) is 0 Å². The molecule has 86 valence electrons. The second-order valence-corrected chi connectivity index (χ2v) is 4.36. The molecule has 1 aliphatic heterocycles. The Labute approximate surface area is 96.5 Å². The minimum Gasteiger partial charge on any atom is -0.339 e. The summed E-state index contributed by atoms with van der Waals surface area (Å²) in [6.45, 7) is 4.90. The first kappa shape index (κ1) is 11.1. The molecule has 0 bridgehead atoms. The van der Waals surface area contributed by atoms with E-state index in [1.54, 1.807) is 0 Å². The predicted octanol–water partition coefficient (Wildman–Crippen LogP) is 1.78. The van der Waals surface area contributed by atoms with Crippen molar-refractivity contribution in [2.45, 2.75) is 19.8 Å². The number of aryl methyl sites for hydroxylation is 1. The van der Waals surface area contributed by atoms with Crippen molar-refractivity contribution < 1.29 is 4.79 Å². The van der Waals surface area contributed by atoms with E-state index in [1.807, 2.05) is 31.2 Å². The van der Waals surface area contributed by atoms with E-state index < -0.39 is 0 Å². The number of hydrogen-bond acceptors (Lipinski definition) is 2. The van der Waals surface area contributed by atoms with Gasteiger partial charge < -0.3 is 5.32 Å². The molecule has 0 radical (unpaired) electrons. The number of likely N-dealkylation sites (tertiary alicyclic amines) is 1. The van der Waals surface area contributed by atoms with Gasteiger partial charge in [-0.3, -0.25) is 9.69 Å². The molecule has 1 saturated heterocycles. The monoisotopic (exact) mass is 218 g/mol. The molecule has 16 heavy (non-hydrogen) atoms. The minimum atomic E-state index is 0.0203. The van der Waals surface area contributed by atoms with Crippen LogP contribution in [0, 0.1) is 6.92 Å². The van der Waals surface area contributed by atoms with Crippen molar-refractivity contribution in [3.05, 3.63) is 35.4 Å². The Balaban J connectivity index is 1.85. The lowest BCUT2D eigenvalue weighted by Crippen LogP contribution is -2.35. The maximum atomic E-state index is 11.8. The number of nitrogens with one attached hydrogen (secondary N) is 1. The van der Waals surface area contributed by atoms with E-state index in [9.17, 15) is 4.79 Å². The standard InChI is InChI=1S/C13H18N2O/c1-11-4-6-12(7-5-11)13(16)14-10-15-8-2-3-9-15/h4-7H,2-3,8-10H2,1H3,(H,14,16). The Kier molecular flexibility index (Phi) is 3.57. The van der Waals surface area contributed by atoms with E-state index >= 15 is 0 Å². The van der Waals surface area contributed by atoms with Crippen LogP contribution in [0.1, 0.15) is 28.8 Å². The summed E-state index contributed by atoms with van der Waals surface area (Å²) < 4.78 is 0. The number of amides is 1. The fraction of sp³-hybridized carbons (Fsp3) is 0.462. The van der Waals surface area contributed by atoms with Gasteiger partial charge in [0, 0.05) is 5.56 Å². The first-order chi connectivity index (χ1) is 7.75. The summed E-state index contributed by atoms with van der Waals surface area (Å²) in [5.41, 5.74) is 1.92. The third-order valence-corrected chi connectivity index (χ3v) is 2.98. The Morgan fingerprint density at radius 1 is 1.25 bits per heavy atom. The molecule has 3 nitrogen and oxygen atoms in total. The van der Waals surface area contributed by atoms with Gasteiger partial charge in [0.05, 0.1) is 6.67 Å². The number of hydrogen-bond donors (Lipinski definition) is 1. The molecule has 1 aromatic carbocycles. The zero-order chi connectivity index (χ0) is 11.4. The van der Waals surface area contributed by atoms with Crippen molar-refractivity contribution in [3.63, 3.8) is 0 Å². The van der Waals surface area contributed by atoms with Gasteiger partial charge in [0.25, 0.3) is 5.91 Å². The summed E-state index contributed by atoms with van der Waals surface area (Å²) >= 11 is 0. The molecule has 3 heteroatoms. The highest BCUT2D eigenvalue weighted by Gasteiger charge is 2.12. The van der Waals surface area contributed by atoms with Gasteiger partial charge in [-0.15, -0.1) is 0 Å². The Morgan fingerprint density at radius 2 is 1.88 bits per heavy atom. The van der Waals surface area contributed by atoms with Gasteiger partial charge >= 0.3 is 0 Å². The van der Waals surface area contributed by atoms with E-state index in [4.69, 9.17) is 0 Å². The zero-order valence-corrected chi connectivity index (χ0v) is 9.70. The van der Waals surface area contributed by atoms with E-state index in [0.29, 0.717) is 6.67 Å². The highest BCUT2D eigenvalue weighted by atomic mass is 16.1. The van der Waals surface area contributed by atoms with Gasteiger partial charge in [0.15, 0.2) is 0 Å². The summed E-state index contributed by atoms with van der Waals surface area (Å²) in [4.78, 5) is 14.0. The van der Waals surface area contributed by atoms with E-state index in [0.717, 1.165) is 18.7 Å². The number of carbonyl (C=O) groups excluding carboxylic acids is 1. The van der Waals surface area contributed by atoms with Gasteiger partial charge in [-0.1, -0.05) is 17.7 Å². The van der Waals surface area contributed by atoms with Crippen molar-refractivity contribution in [1.29, 1.82) is 0 Å². The smallest absolute Gasteiger partial charge is 0.252 e. The second-order valence-electron chi connectivity index (χ2n) is 4.36. The molecule has 0 aliphatic carbocycles. The molecule has 2 rings (SSSR count). The van der Waals surface area contributed by atoms with E-state index in [2.05, 4.69) is 10.2 Å². The third-order valence-electron chi connectivity index (χ3n) is 2.98. The topological polar surface area (TPSA) is 32.3 Å². The zero-order valence-electron chi connectivity index (χ0n) is 9.70. The van der Waals surface area contributed by atoms with Crippen molar-refractivity contribution in [3.8, 4) is 0 Å². The van der Waals surface area contributed by atoms with Crippen LogP contribution in [0.25, 0.3) is 0 Å². The summed E-state index contributed by atoms with van der Waals surface area (Å²) in [5, 5.41) is 2.95. The molecule has 1 amide bonds. The molecule has 1 fully saturated rings. The van der Waals surface area contributed by atoms with Crippen molar-refractivity contribution in [2.75, 3.05) is 19.8 Å². The minimum absolute atomic E-state index is 0.0203. The molecule has 0 unspecified atom stereocenters. The van der Waals surface area contributed by atoms with Crippen molar-refractivity contribution in [2.24, 2.45) is 0 Å². The van der Waals surface area contributed by atoms with Crippen LogP contribution in [0.15, 0.2) is 24.3 Å². The molecule has 0 aromatic heterocycles. The highest BCUT2D eigenvalue weighted by Crippen LogP contribution is 2.06. The highest BCUT2D eigenvalue weighted by molar-refractivity contribution is 5.94. The van der Waals surface area contributed by atoms with E-state index in [-0.39, 0.29) is 5.91 Å². The van der Waals surface area contributed by atoms with Gasteiger partial charge in [-0.05, 0) is 45.0 Å². The van der Waals surface area contributed by atoms with Gasteiger partial charge in [0.2, 0.25) is 0 Å². The van der Waals surface area contributed by atoms with Crippen LogP contribution in [0.3, 0.4) is 0 Å². The molecule has 1 heterocycles. The van der Waals surface area contributed by atoms with Crippen LogP contribution in [0.5, 0.6) is 0 Å². The summed E-state index contributed by atoms with van der Waals surface area (Å²) in [6.07, 6.45) is 2.50. The molecular formula is C13H18N2O. The lowest BCUT2D eigenvalue weighted by molar-refractivity contribution is 0.0930. The molecular weight excluding hydrogens is 200 g/mol. The lowest BCUT2D eigenvalue weighted by atomic mass is 10.1. The summed E-state index contributed by atoms with van der Waals surface area (Å²) in [7, 11) is 0. The molecule has 0 saturated carbocycles. The number of benzene rings is 1. The summed E-state index contributed by atoms with van der Waals surface area (Å²) in [6, 6.07) is 7.67. The van der Waals surface area contributed by atoms with Gasteiger partial charge in [-0.2, -0.15) is 0 Å². The van der Waals surface area contributed by atoms with Crippen LogP contribution in [0.4, 0.5) is 0 Å². The normalized spacial score (nSPS) is 16.3. The van der Waals surface area contributed by atoms with Gasteiger partial charge in [0.1, 0.15) is 0 Å². The number of rotatable bonds is 3. The third kappa shape index (κ3) is 2.83. The van der Waals surface area contributed by atoms with Crippen molar-refractivity contribution in [1.82, 2.24) is 10.2 Å². The first-order valence-electron chi connectivity index (χ1n) is 5.83. The fourth-order valence-corrected chi connectivity index (χ4v) is 1.93. The summed E-state index contributed by atoms with van der Waals surface area (Å²) in [5.74, 6) is 0.0203. The molecule has 1 aliphatic rings. The quantitative estimate of drug-likeness (QED) is 0.838. The number of carbonyl (C=O) groups is 1. The SMILES string of the molecule is Cc1ccc(C(=O)NCN2CCCC2)cc1. The molecule has 0 spiro atoms. The molecule has 1 aromatic rings. The van der Waals surface area contributed by atoms with Crippen molar-refractivity contribution >= 4 is 5.91 Å². The Hall–Kier alpha value is -1.35. The average Bonchev–Trinajstić information content (AvgIpc) is 2.80. The lowest BCUT2D eigenvalue weighted by Gasteiger charge is -2.15. The van der Waals surface area contributed by atoms with Gasteiger partial charge in [-0.25, -0.2) is 0 Å². The first-order valence-corrected chi connectivity index (χ1v) is 5.83. The van der Waals surface area contributed by atoms with Crippen LogP contribution < -0.4 is 5.32 Å². The van der Waals surface area contributed by atoms with Crippen LogP contribution in [0.2, 0.25) is 0 Å². The van der Waals surface area contributed by atoms with E-state index in [1.165, 1.54) is 18.4 Å². The molecule has 0 atom stereocenters. The second kappa shape index (κ2) is 5.12.